The summed E-state index contributed by atoms with van der Waals surface area (Å²) in [6.07, 6.45) is 3.47. The molecule has 0 aliphatic heterocycles. The predicted molar refractivity (Wildman–Crippen MR) is 82.4 cm³/mol. The molecule has 1 fully saturated rings. The van der Waals surface area contributed by atoms with E-state index in [-0.39, 0.29) is 10.9 Å². The Morgan fingerprint density at radius 2 is 2.19 bits per heavy atom. The number of imidazole rings is 1. The van der Waals surface area contributed by atoms with Gasteiger partial charge in [0.05, 0.1) is 21.9 Å². The molecule has 0 spiro atoms. The smallest absolute Gasteiger partial charge is 0.144 e. The van der Waals surface area contributed by atoms with E-state index < -0.39 is 5.82 Å². The van der Waals surface area contributed by atoms with E-state index in [1.54, 1.807) is 6.07 Å². The topological polar surface area (TPSA) is 27.1 Å². The van der Waals surface area contributed by atoms with Gasteiger partial charge in [-0.25, -0.2) is 9.37 Å². The molecule has 1 heterocycles. The molecule has 2 aromatic rings. The van der Waals surface area contributed by atoms with Crippen LogP contribution in [-0.4, -0.2) is 22.8 Å². The molecule has 3 rings (SSSR count). The van der Waals surface area contributed by atoms with Gasteiger partial charge in [0.25, 0.3) is 0 Å². The normalized spacial score (nSPS) is 15.0. The Morgan fingerprint density at radius 3 is 2.90 bits per heavy atom. The van der Waals surface area contributed by atoms with Crippen LogP contribution < -0.4 is 0 Å². The minimum Gasteiger partial charge on any atom is -0.381 e. The molecular formula is C15H17Cl2FN2O. The zero-order valence-electron chi connectivity index (χ0n) is 11.6. The van der Waals surface area contributed by atoms with Crippen LogP contribution in [0.15, 0.2) is 12.1 Å². The number of ether oxygens (including phenoxy) is 1. The second kappa shape index (κ2) is 6.51. The van der Waals surface area contributed by atoms with E-state index in [4.69, 9.17) is 27.9 Å². The Hall–Kier alpha value is -0.840. The van der Waals surface area contributed by atoms with Gasteiger partial charge in [-0.2, -0.15) is 0 Å². The molecule has 3 nitrogen and oxygen atoms in total. The molecule has 1 saturated carbocycles. The van der Waals surface area contributed by atoms with Crippen LogP contribution in [0.1, 0.15) is 25.1 Å². The lowest BCUT2D eigenvalue weighted by Gasteiger charge is -2.08. The highest BCUT2D eigenvalue weighted by molar-refractivity contribution is 6.31. The molecule has 114 valence electrons. The molecule has 0 N–H and O–H groups in total. The summed E-state index contributed by atoms with van der Waals surface area (Å²) >= 11 is 11.8. The average molecular weight is 331 g/mol. The number of aromatic nitrogens is 2. The van der Waals surface area contributed by atoms with Gasteiger partial charge in [0.2, 0.25) is 0 Å². The number of benzene rings is 1. The van der Waals surface area contributed by atoms with Crippen molar-refractivity contribution in [3.63, 3.8) is 0 Å². The van der Waals surface area contributed by atoms with E-state index in [0.717, 1.165) is 36.8 Å². The molecule has 0 amide bonds. The molecule has 0 atom stereocenters. The molecule has 0 saturated heterocycles. The van der Waals surface area contributed by atoms with Crippen LogP contribution in [0.2, 0.25) is 5.02 Å². The molecule has 0 unspecified atom stereocenters. The zero-order chi connectivity index (χ0) is 14.8. The van der Waals surface area contributed by atoms with Gasteiger partial charge in [-0.15, -0.1) is 11.6 Å². The van der Waals surface area contributed by atoms with Crippen LogP contribution in [0.25, 0.3) is 11.0 Å². The average Bonchev–Trinajstić information content (AvgIpc) is 3.23. The molecule has 1 aromatic heterocycles. The molecule has 1 aliphatic rings. The van der Waals surface area contributed by atoms with Gasteiger partial charge >= 0.3 is 0 Å². The summed E-state index contributed by atoms with van der Waals surface area (Å²) in [6, 6.07) is 2.97. The van der Waals surface area contributed by atoms with E-state index >= 15 is 0 Å². The van der Waals surface area contributed by atoms with Crippen molar-refractivity contribution in [1.29, 1.82) is 0 Å². The summed E-state index contributed by atoms with van der Waals surface area (Å²) < 4.78 is 21.1. The molecule has 21 heavy (non-hydrogen) atoms. The zero-order valence-corrected chi connectivity index (χ0v) is 13.1. The third-order valence-electron chi connectivity index (χ3n) is 3.71. The number of rotatable bonds is 7. The van der Waals surface area contributed by atoms with Crippen molar-refractivity contribution in [1.82, 2.24) is 9.55 Å². The van der Waals surface area contributed by atoms with Gasteiger partial charge in [-0.1, -0.05) is 11.6 Å². The maximum Gasteiger partial charge on any atom is 0.144 e. The van der Waals surface area contributed by atoms with Gasteiger partial charge in [0.15, 0.2) is 0 Å². The maximum absolute atomic E-state index is 13.5. The van der Waals surface area contributed by atoms with Crippen molar-refractivity contribution < 1.29 is 9.13 Å². The van der Waals surface area contributed by atoms with Gasteiger partial charge in [-0.05, 0) is 31.2 Å². The standard InChI is InChI=1S/C15H17Cl2FN2O/c16-8-15-19-13-7-12(18)11(17)6-14(13)20(15)4-1-5-21-9-10-2-3-10/h6-7,10H,1-5,8-9H2. The fourth-order valence-electron chi connectivity index (χ4n) is 2.38. The summed E-state index contributed by atoms with van der Waals surface area (Å²) in [5, 5.41) is 0.106. The second-order valence-corrected chi connectivity index (χ2v) is 6.11. The molecule has 1 aliphatic carbocycles. The Bertz CT molecular complexity index is 640. The van der Waals surface area contributed by atoms with Crippen LogP contribution in [0.5, 0.6) is 0 Å². The summed E-state index contributed by atoms with van der Waals surface area (Å²) in [4.78, 5) is 4.36. The highest BCUT2D eigenvalue weighted by Gasteiger charge is 2.21. The summed E-state index contributed by atoms with van der Waals surface area (Å²) in [5.41, 5.74) is 1.41. The fourth-order valence-corrected chi connectivity index (χ4v) is 2.74. The third kappa shape index (κ3) is 3.50. The summed E-state index contributed by atoms with van der Waals surface area (Å²) in [7, 11) is 0. The number of alkyl halides is 1. The number of hydrogen-bond donors (Lipinski definition) is 0. The lowest BCUT2D eigenvalue weighted by atomic mass is 10.3. The van der Waals surface area contributed by atoms with E-state index in [0.29, 0.717) is 12.1 Å². The summed E-state index contributed by atoms with van der Waals surface area (Å²) in [5.74, 6) is 1.34. The van der Waals surface area contributed by atoms with E-state index in [1.807, 2.05) is 4.57 Å². The van der Waals surface area contributed by atoms with Gasteiger partial charge in [0, 0.05) is 25.8 Å². The number of fused-ring (bicyclic) bond motifs is 1. The van der Waals surface area contributed by atoms with Crippen LogP contribution in [-0.2, 0) is 17.2 Å². The predicted octanol–water partition coefficient (Wildman–Crippen LogP) is 4.38. The SMILES string of the molecule is Fc1cc2nc(CCl)n(CCCOCC3CC3)c2cc1Cl. The first kappa shape index (κ1) is 15.1. The first-order chi connectivity index (χ1) is 10.2. The molecule has 0 bridgehead atoms. The lowest BCUT2D eigenvalue weighted by Crippen LogP contribution is -2.06. The lowest BCUT2D eigenvalue weighted by molar-refractivity contribution is 0.119. The number of halogens is 3. The van der Waals surface area contributed by atoms with Gasteiger partial charge in [0.1, 0.15) is 11.6 Å². The van der Waals surface area contributed by atoms with Crippen molar-refractivity contribution in [2.24, 2.45) is 5.92 Å². The Kier molecular flexibility index (Phi) is 4.67. The van der Waals surface area contributed by atoms with E-state index in [1.165, 1.54) is 18.9 Å². The number of nitrogens with zero attached hydrogens (tertiary/aromatic N) is 2. The number of aryl methyl sites for hydroxylation is 1. The van der Waals surface area contributed by atoms with Crippen LogP contribution in [0.4, 0.5) is 4.39 Å². The Balaban J connectivity index is 1.70. The minimum atomic E-state index is -0.456. The van der Waals surface area contributed by atoms with Crippen LogP contribution >= 0.6 is 23.2 Å². The monoisotopic (exact) mass is 330 g/mol. The third-order valence-corrected chi connectivity index (χ3v) is 4.24. The van der Waals surface area contributed by atoms with Gasteiger partial charge < -0.3 is 9.30 Å². The van der Waals surface area contributed by atoms with Crippen molar-refractivity contribution in [2.75, 3.05) is 13.2 Å². The van der Waals surface area contributed by atoms with Crippen molar-refractivity contribution in [2.45, 2.75) is 31.7 Å². The molecular weight excluding hydrogens is 314 g/mol. The molecule has 6 heteroatoms. The Morgan fingerprint density at radius 1 is 1.38 bits per heavy atom. The molecule has 0 radical (unpaired) electrons. The summed E-state index contributed by atoms with van der Waals surface area (Å²) in [6.45, 7) is 2.32. The second-order valence-electron chi connectivity index (χ2n) is 5.44. The quantitative estimate of drug-likeness (QED) is 0.556. The maximum atomic E-state index is 13.5. The van der Waals surface area contributed by atoms with Crippen molar-refractivity contribution >= 4 is 34.2 Å². The Labute approximate surface area is 133 Å². The highest BCUT2D eigenvalue weighted by Crippen LogP contribution is 2.29. The fraction of sp³-hybridized carbons (Fsp3) is 0.533. The van der Waals surface area contributed by atoms with Crippen molar-refractivity contribution in [3.8, 4) is 0 Å². The van der Waals surface area contributed by atoms with E-state index in [2.05, 4.69) is 4.98 Å². The van der Waals surface area contributed by atoms with Crippen LogP contribution in [0.3, 0.4) is 0 Å². The minimum absolute atomic E-state index is 0.106. The first-order valence-electron chi connectivity index (χ1n) is 7.17. The highest BCUT2D eigenvalue weighted by atomic mass is 35.5. The van der Waals surface area contributed by atoms with E-state index in [9.17, 15) is 4.39 Å². The number of hydrogen-bond acceptors (Lipinski definition) is 2. The van der Waals surface area contributed by atoms with Gasteiger partial charge in [-0.3, -0.25) is 0 Å². The van der Waals surface area contributed by atoms with Crippen molar-refractivity contribution in [3.05, 3.63) is 28.8 Å². The molecule has 1 aromatic carbocycles. The first-order valence-corrected chi connectivity index (χ1v) is 8.08. The van der Waals surface area contributed by atoms with Crippen LogP contribution in [0, 0.1) is 11.7 Å². The largest absolute Gasteiger partial charge is 0.381 e.